The van der Waals surface area contributed by atoms with Crippen LogP contribution in [0.5, 0.6) is 5.75 Å². The number of carbonyl (C=O) groups excluding carboxylic acids is 2. The van der Waals surface area contributed by atoms with Gasteiger partial charge < -0.3 is 9.47 Å². The van der Waals surface area contributed by atoms with Gasteiger partial charge in [-0.1, -0.05) is 36.4 Å². The van der Waals surface area contributed by atoms with Gasteiger partial charge >= 0.3 is 11.9 Å². The zero-order valence-corrected chi connectivity index (χ0v) is 10.1. The molecule has 2 aromatic carbocycles. The number of hydrogen-bond donors (Lipinski definition) is 0. The van der Waals surface area contributed by atoms with Gasteiger partial charge in [0, 0.05) is 0 Å². The summed E-state index contributed by atoms with van der Waals surface area (Å²) in [5.74, 6) is -0.855. The summed E-state index contributed by atoms with van der Waals surface area (Å²) in [6.45, 7) is -0.303. The summed E-state index contributed by atoms with van der Waals surface area (Å²) < 4.78 is 9.83. The first-order chi connectivity index (χ1) is 9.25. The van der Waals surface area contributed by atoms with E-state index in [-0.39, 0.29) is 6.61 Å². The maximum Gasteiger partial charge on any atom is 0.352 e. The molecule has 0 aliphatic heterocycles. The number of benzene rings is 2. The van der Waals surface area contributed by atoms with Gasteiger partial charge in [0.15, 0.2) is 6.61 Å². The predicted octanol–water partition coefficient (Wildman–Crippen LogP) is 2.45. The van der Waals surface area contributed by atoms with Crippen LogP contribution < -0.4 is 4.74 Å². The fourth-order valence-corrected chi connectivity index (χ4v) is 1.42. The molecule has 0 saturated heterocycles. The van der Waals surface area contributed by atoms with Crippen molar-refractivity contribution in [1.29, 1.82) is 0 Å². The van der Waals surface area contributed by atoms with Crippen molar-refractivity contribution in [3.63, 3.8) is 0 Å². The molecule has 0 saturated carbocycles. The van der Waals surface area contributed by atoms with Crippen molar-refractivity contribution in [2.24, 2.45) is 0 Å². The molecule has 2 rings (SSSR count). The van der Waals surface area contributed by atoms with Crippen LogP contribution in [0.4, 0.5) is 0 Å². The van der Waals surface area contributed by atoms with Gasteiger partial charge in [-0.05, 0) is 24.3 Å². The molecule has 0 fully saturated rings. The van der Waals surface area contributed by atoms with Crippen molar-refractivity contribution in [3.05, 3.63) is 66.2 Å². The van der Waals surface area contributed by atoms with Gasteiger partial charge in [-0.15, -0.1) is 0 Å². The molecule has 2 aromatic rings. The van der Waals surface area contributed by atoms with Gasteiger partial charge in [0.05, 0.1) is 5.56 Å². The van der Waals surface area contributed by atoms with Gasteiger partial charge in [0.1, 0.15) is 5.75 Å². The molecular formula is C15H12O4. The minimum Gasteiger partial charge on any atom is -0.482 e. The normalized spacial score (nSPS) is 9.68. The first-order valence-corrected chi connectivity index (χ1v) is 5.73. The predicted molar refractivity (Wildman–Crippen MR) is 68.8 cm³/mol. The Bertz CT molecular complexity index is 549. The van der Waals surface area contributed by atoms with Crippen molar-refractivity contribution >= 4 is 11.9 Å². The SMILES string of the molecule is O=C(COc1ccccc1)OC(=O)c1ccccc1. The third-order valence-electron chi connectivity index (χ3n) is 2.32. The first kappa shape index (κ1) is 12.8. The Balaban J connectivity index is 1.83. The van der Waals surface area contributed by atoms with E-state index < -0.39 is 11.9 Å². The highest BCUT2D eigenvalue weighted by Gasteiger charge is 2.12. The second-order valence-electron chi connectivity index (χ2n) is 3.73. The number of esters is 2. The van der Waals surface area contributed by atoms with Crippen LogP contribution in [-0.2, 0) is 9.53 Å². The highest BCUT2D eigenvalue weighted by molar-refractivity contribution is 5.97. The van der Waals surface area contributed by atoms with Crippen LogP contribution in [0.2, 0.25) is 0 Å². The number of carbonyl (C=O) groups is 2. The van der Waals surface area contributed by atoms with Crippen molar-refractivity contribution in [2.45, 2.75) is 0 Å². The van der Waals surface area contributed by atoms with E-state index in [4.69, 9.17) is 4.74 Å². The second kappa shape index (κ2) is 6.35. The molecule has 0 atom stereocenters. The molecule has 0 spiro atoms. The fourth-order valence-electron chi connectivity index (χ4n) is 1.42. The lowest BCUT2D eigenvalue weighted by Gasteiger charge is -2.05. The van der Waals surface area contributed by atoms with Crippen LogP contribution in [0.3, 0.4) is 0 Å². The Kier molecular flexibility index (Phi) is 4.29. The Hall–Kier alpha value is -2.62. The fraction of sp³-hybridized carbons (Fsp3) is 0.0667. The standard InChI is InChI=1S/C15H12O4/c16-14(11-18-13-9-5-2-6-10-13)19-15(17)12-7-3-1-4-8-12/h1-10H,11H2. The molecule has 19 heavy (non-hydrogen) atoms. The van der Waals surface area contributed by atoms with Crippen LogP contribution >= 0.6 is 0 Å². The summed E-state index contributed by atoms with van der Waals surface area (Å²) in [6.07, 6.45) is 0. The lowest BCUT2D eigenvalue weighted by atomic mass is 10.2. The van der Waals surface area contributed by atoms with E-state index in [0.717, 1.165) is 0 Å². The molecule has 0 radical (unpaired) electrons. The zero-order chi connectivity index (χ0) is 13.5. The van der Waals surface area contributed by atoms with Crippen LogP contribution in [0.15, 0.2) is 60.7 Å². The Morgan fingerprint density at radius 3 is 2.05 bits per heavy atom. The van der Waals surface area contributed by atoms with Gasteiger partial charge in [0.25, 0.3) is 0 Å². The van der Waals surface area contributed by atoms with E-state index >= 15 is 0 Å². The smallest absolute Gasteiger partial charge is 0.352 e. The monoisotopic (exact) mass is 256 g/mol. The Morgan fingerprint density at radius 1 is 0.842 bits per heavy atom. The number of rotatable bonds is 4. The van der Waals surface area contributed by atoms with E-state index in [0.29, 0.717) is 11.3 Å². The van der Waals surface area contributed by atoms with Crippen molar-refractivity contribution < 1.29 is 19.1 Å². The molecular weight excluding hydrogens is 244 g/mol. The number of ether oxygens (including phenoxy) is 2. The quantitative estimate of drug-likeness (QED) is 0.622. The van der Waals surface area contributed by atoms with E-state index in [1.807, 2.05) is 6.07 Å². The largest absolute Gasteiger partial charge is 0.482 e. The molecule has 0 N–H and O–H groups in total. The molecule has 0 heterocycles. The second-order valence-corrected chi connectivity index (χ2v) is 3.73. The molecule has 4 nitrogen and oxygen atoms in total. The van der Waals surface area contributed by atoms with Crippen LogP contribution in [0, 0.1) is 0 Å². The van der Waals surface area contributed by atoms with E-state index in [2.05, 4.69) is 4.74 Å². The maximum absolute atomic E-state index is 11.6. The topological polar surface area (TPSA) is 52.6 Å². The number of hydrogen-bond acceptors (Lipinski definition) is 4. The molecule has 0 unspecified atom stereocenters. The van der Waals surface area contributed by atoms with Crippen molar-refractivity contribution in [3.8, 4) is 5.75 Å². The van der Waals surface area contributed by atoms with E-state index in [1.165, 1.54) is 0 Å². The molecule has 0 aliphatic rings. The van der Waals surface area contributed by atoms with Crippen LogP contribution in [0.25, 0.3) is 0 Å². The highest BCUT2D eigenvalue weighted by atomic mass is 16.6. The van der Waals surface area contributed by atoms with E-state index in [9.17, 15) is 9.59 Å². The molecule has 0 amide bonds. The lowest BCUT2D eigenvalue weighted by molar-refractivity contribution is -0.140. The van der Waals surface area contributed by atoms with Crippen molar-refractivity contribution in [2.75, 3.05) is 6.61 Å². The summed E-state index contributed by atoms with van der Waals surface area (Å²) in [4.78, 5) is 23.0. The van der Waals surface area contributed by atoms with Crippen LogP contribution in [0.1, 0.15) is 10.4 Å². The minimum absolute atomic E-state index is 0.303. The molecule has 0 aromatic heterocycles. The van der Waals surface area contributed by atoms with Crippen LogP contribution in [-0.4, -0.2) is 18.5 Å². The third-order valence-corrected chi connectivity index (χ3v) is 2.32. The van der Waals surface area contributed by atoms with E-state index in [1.54, 1.807) is 54.6 Å². The van der Waals surface area contributed by atoms with Gasteiger partial charge in [0.2, 0.25) is 0 Å². The summed E-state index contributed by atoms with van der Waals surface area (Å²) in [6, 6.07) is 17.2. The van der Waals surface area contributed by atoms with Gasteiger partial charge in [-0.3, -0.25) is 0 Å². The average Bonchev–Trinajstić information content (AvgIpc) is 2.47. The molecule has 0 bridgehead atoms. The minimum atomic E-state index is -0.724. The Morgan fingerprint density at radius 2 is 1.42 bits per heavy atom. The zero-order valence-electron chi connectivity index (χ0n) is 10.1. The molecule has 96 valence electrons. The first-order valence-electron chi connectivity index (χ1n) is 5.73. The summed E-state index contributed by atoms with van der Waals surface area (Å²) in [5, 5.41) is 0. The van der Waals surface area contributed by atoms with Gasteiger partial charge in [-0.25, -0.2) is 9.59 Å². The lowest BCUT2D eigenvalue weighted by Crippen LogP contribution is -2.19. The molecule has 4 heteroatoms. The molecule has 0 aliphatic carbocycles. The van der Waals surface area contributed by atoms with Gasteiger partial charge in [-0.2, -0.15) is 0 Å². The third kappa shape index (κ3) is 3.96. The highest BCUT2D eigenvalue weighted by Crippen LogP contribution is 2.08. The average molecular weight is 256 g/mol. The summed E-state index contributed by atoms with van der Waals surface area (Å²) in [7, 11) is 0. The van der Waals surface area contributed by atoms with Crippen molar-refractivity contribution in [1.82, 2.24) is 0 Å². The summed E-state index contributed by atoms with van der Waals surface area (Å²) >= 11 is 0. The summed E-state index contributed by atoms with van der Waals surface area (Å²) in [5.41, 5.74) is 0.329. The number of para-hydroxylation sites is 1. The Labute approximate surface area is 110 Å². The maximum atomic E-state index is 11.6.